The van der Waals surface area contributed by atoms with Gasteiger partial charge in [0.25, 0.3) is 10.0 Å². The molecule has 1 aliphatic heterocycles. The number of nitrogens with zero attached hydrogens (tertiary/aromatic N) is 2. The normalized spacial score (nSPS) is 18.5. The van der Waals surface area contributed by atoms with E-state index >= 15 is 0 Å². The molecule has 8 heteroatoms. The minimum Gasteiger partial charge on any atom is -0.497 e. The molecule has 28 heavy (non-hydrogen) atoms. The van der Waals surface area contributed by atoms with E-state index in [1.807, 2.05) is 0 Å². The monoisotopic (exact) mass is 399 g/mol. The van der Waals surface area contributed by atoms with Gasteiger partial charge in [0.2, 0.25) is 0 Å². The molecule has 1 fully saturated rings. The van der Waals surface area contributed by atoms with Gasteiger partial charge in [-0.15, -0.1) is 0 Å². The van der Waals surface area contributed by atoms with E-state index < -0.39 is 15.8 Å². The second kappa shape index (κ2) is 6.07. The molecule has 1 aromatic heterocycles. The standard InChI is InChI=1S/C20H18FN3O3S/c1-27-14-5-7-15(8-6-14)28(25,26)24-18-9-4-13(21)10-16(18)19-17(11-22-23-19)20(24)12-2-3-12/h4-12,20H,2-3H2,1H3,(H,22,23)/t20-/m1/s1. The predicted molar refractivity (Wildman–Crippen MR) is 102 cm³/mol. The Balaban J connectivity index is 1.72. The highest BCUT2D eigenvalue weighted by Gasteiger charge is 2.47. The summed E-state index contributed by atoms with van der Waals surface area (Å²) in [6.07, 6.45) is 3.55. The molecule has 0 unspecified atom stereocenters. The zero-order chi connectivity index (χ0) is 19.5. The first kappa shape index (κ1) is 17.2. The van der Waals surface area contributed by atoms with Crippen LogP contribution < -0.4 is 9.04 Å². The average Bonchev–Trinajstić information content (AvgIpc) is 3.42. The Morgan fingerprint density at radius 3 is 2.61 bits per heavy atom. The van der Waals surface area contributed by atoms with Gasteiger partial charge in [0.05, 0.1) is 35.6 Å². The van der Waals surface area contributed by atoms with Crippen LogP contribution in [-0.4, -0.2) is 25.7 Å². The predicted octanol–water partition coefficient (Wildman–Crippen LogP) is 3.88. The van der Waals surface area contributed by atoms with Gasteiger partial charge in [0, 0.05) is 11.1 Å². The summed E-state index contributed by atoms with van der Waals surface area (Å²) in [6, 6.07) is 10.1. The van der Waals surface area contributed by atoms with Crippen LogP contribution >= 0.6 is 0 Å². The zero-order valence-corrected chi connectivity index (χ0v) is 15.9. The summed E-state index contributed by atoms with van der Waals surface area (Å²) in [6.45, 7) is 0. The first-order valence-electron chi connectivity index (χ1n) is 9.02. The van der Waals surface area contributed by atoms with Crippen molar-refractivity contribution in [3.63, 3.8) is 0 Å². The Bertz CT molecular complexity index is 1150. The number of aromatic nitrogens is 2. The number of aromatic amines is 1. The van der Waals surface area contributed by atoms with Crippen molar-refractivity contribution in [2.75, 3.05) is 11.4 Å². The average molecular weight is 399 g/mol. The molecule has 0 amide bonds. The van der Waals surface area contributed by atoms with E-state index in [2.05, 4.69) is 10.2 Å². The van der Waals surface area contributed by atoms with Crippen molar-refractivity contribution < 1.29 is 17.5 Å². The molecule has 2 heterocycles. The summed E-state index contributed by atoms with van der Waals surface area (Å²) < 4.78 is 47.9. The number of ether oxygens (including phenoxy) is 1. The van der Waals surface area contributed by atoms with E-state index in [0.29, 0.717) is 22.7 Å². The van der Waals surface area contributed by atoms with E-state index in [0.717, 1.165) is 18.4 Å². The lowest BCUT2D eigenvalue weighted by Gasteiger charge is -2.37. The van der Waals surface area contributed by atoms with Gasteiger partial charge >= 0.3 is 0 Å². The maximum Gasteiger partial charge on any atom is 0.264 e. The van der Waals surface area contributed by atoms with Crippen molar-refractivity contribution in [3.05, 3.63) is 60.0 Å². The highest BCUT2D eigenvalue weighted by atomic mass is 32.2. The van der Waals surface area contributed by atoms with Gasteiger partial charge in [-0.05, 0) is 61.2 Å². The molecule has 5 rings (SSSR count). The van der Waals surface area contributed by atoms with Gasteiger partial charge in [-0.3, -0.25) is 9.40 Å². The largest absolute Gasteiger partial charge is 0.497 e. The third-order valence-corrected chi connectivity index (χ3v) is 7.20. The van der Waals surface area contributed by atoms with Crippen LogP contribution in [0.5, 0.6) is 5.75 Å². The zero-order valence-electron chi connectivity index (χ0n) is 15.1. The van der Waals surface area contributed by atoms with Crippen molar-refractivity contribution in [2.45, 2.75) is 23.8 Å². The van der Waals surface area contributed by atoms with Crippen LogP contribution in [0, 0.1) is 11.7 Å². The van der Waals surface area contributed by atoms with Crippen LogP contribution in [0.3, 0.4) is 0 Å². The first-order valence-corrected chi connectivity index (χ1v) is 10.5. The third-order valence-electron chi connectivity index (χ3n) is 5.39. The molecule has 2 aliphatic rings. The molecule has 0 bridgehead atoms. The topological polar surface area (TPSA) is 75.3 Å². The molecule has 1 N–H and O–H groups in total. The van der Waals surface area contributed by atoms with E-state index in [-0.39, 0.29) is 16.9 Å². The molecule has 1 saturated carbocycles. The molecule has 6 nitrogen and oxygen atoms in total. The minimum atomic E-state index is -3.87. The number of H-pyrrole nitrogens is 1. The van der Waals surface area contributed by atoms with Gasteiger partial charge < -0.3 is 4.74 Å². The fraction of sp³-hybridized carbons (Fsp3) is 0.250. The number of anilines is 1. The molecular weight excluding hydrogens is 381 g/mol. The summed E-state index contributed by atoms with van der Waals surface area (Å²) in [4.78, 5) is 0.168. The van der Waals surface area contributed by atoms with E-state index in [4.69, 9.17) is 4.74 Å². The fourth-order valence-corrected chi connectivity index (χ4v) is 5.62. The Kier molecular flexibility index (Phi) is 3.74. The van der Waals surface area contributed by atoms with Crippen molar-refractivity contribution >= 4 is 15.7 Å². The van der Waals surface area contributed by atoms with Crippen LogP contribution in [0.1, 0.15) is 24.4 Å². The van der Waals surface area contributed by atoms with Crippen LogP contribution in [-0.2, 0) is 10.0 Å². The van der Waals surface area contributed by atoms with E-state index in [1.165, 1.54) is 41.7 Å². The summed E-state index contributed by atoms with van der Waals surface area (Å²) in [5.41, 5.74) is 2.44. The van der Waals surface area contributed by atoms with Gasteiger partial charge in [-0.25, -0.2) is 12.8 Å². The lowest BCUT2D eigenvalue weighted by molar-refractivity contribution is 0.414. The van der Waals surface area contributed by atoms with E-state index in [1.54, 1.807) is 18.3 Å². The molecule has 1 atom stereocenters. The van der Waals surface area contributed by atoms with Crippen LogP contribution in [0.4, 0.5) is 10.1 Å². The Morgan fingerprint density at radius 1 is 1.18 bits per heavy atom. The highest BCUT2D eigenvalue weighted by Crippen LogP contribution is 2.54. The lowest BCUT2D eigenvalue weighted by atomic mass is 9.93. The number of methoxy groups -OCH3 is 1. The molecular formula is C20H18FN3O3S. The first-order chi connectivity index (χ1) is 13.5. The summed E-state index contributed by atoms with van der Waals surface area (Å²) in [5.74, 6) is 0.365. The number of hydrogen-bond donors (Lipinski definition) is 1. The Labute approximate surface area is 162 Å². The van der Waals surface area contributed by atoms with Crippen molar-refractivity contribution in [1.29, 1.82) is 0 Å². The Morgan fingerprint density at radius 2 is 1.93 bits per heavy atom. The second-order valence-electron chi connectivity index (χ2n) is 7.12. The van der Waals surface area contributed by atoms with Gasteiger partial charge in [-0.1, -0.05) is 0 Å². The highest BCUT2D eigenvalue weighted by molar-refractivity contribution is 7.92. The SMILES string of the molecule is COc1ccc(S(=O)(=O)N2c3ccc(F)cc3-c3[nH]ncc3[C@H]2C2CC2)cc1. The number of nitrogens with one attached hydrogen (secondary N) is 1. The van der Waals surface area contributed by atoms with Crippen molar-refractivity contribution in [2.24, 2.45) is 5.92 Å². The molecule has 0 radical (unpaired) electrons. The second-order valence-corrected chi connectivity index (χ2v) is 8.94. The number of halogens is 1. The molecule has 0 spiro atoms. The number of rotatable bonds is 4. The minimum absolute atomic E-state index is 0.168. The molecule has 1 aliphatic carbocycles. The van der Waals surface area contributed by atoms with E-state index in [9.17, 15) is 12.8 Å². The van der Waals surface area contributed by atoms with Gasteiger partial charge in [0.15, 0.2) is 0 Å². The number of hydrogen-bond acceptors (Lipinski definition) is 4. The third kappa shape index (κ3) is 2.51. The number of fused-ring (bicyclic) bond motifs is 3. The summed E-state index contributed by atoms with van der Waals surface area (Å²) in [7, 11) is -2.34. The maximum atomic E-state index is 14.0. The number of benzene rings is 2. The fourth-order valence-electron chi connectivity index (χ4n) is 3.91. The van der Waals surface area contributed by atoms with Gasteiger partial charge in [0.1, 0.15) is 11.6 Å². The van der Waals surface area contributed by atoms with Crippen molar-refractivity contribution in [1.82, 2.24) is 10.2 Å². The maximum absolute atomic E-state index is 14.0. The molecule has 144 valence electrons. The van der Waals surface area contributed by atoms with Crippen LogP contribution in [0.2, 0.25) is 0 Å². The molecule has 2 aromatic carbocycles. The van der Waals surface area contributed by atoms with Crippen LogP contribution in [0.25, 0.3) is 11.3 Å². The molecule has 3 aromatic rings. The summed E-state index contributed by atoms with van der Waals surface area (Å²) in [5, 5.41) is 7.05. The van der Waals surface area contributed by atoms with Crippen LogP contribution in [0.15, 0.2) is 53.6 Å². The van der Waals surface area contributed by atoms with Gasteiger partial charge in [-0.2, -0.15) is 5.10 Å². The molecule has 0 saturated heterocycles. The smallest absolute Gasteiger partial charge is 0.264 e. The lowest BCUT2D eigenvalue weighted by Crippen LogP contribution is -2.38. The summed E-state index contributed by atoms with van der Waals surface area (Å²) >= 11 is 0. The number of sulfonamides is 1. The quantitative estimate of drug-likeness (QED) is 0.722. The van der Waals surface area contributed by atoms with Crippen molar-refractivity contribution in [3.8, 4) is 17.0 Å². The Hall–Kier alpha value is -2.87.